The summed E-state index contributed by atoms with van der Waals surface area (Å²) in [6, 6.07) is -10.1. The maximum atomic E-state index is 13.5. The van der Waals surface area contributed by atoms with Gasteiger partial charge in [0.2, 0.25) is 29.5 Å². The number of hydrogen-bond donors (Lipinski definition) is 38. The normalized spacial score (nSPS) is 49.3. The number of carbonyl (C=O) groups is 5. The van der Waals surface area contributed by atoms with Crippen LogP contribution in [0.5, 0.6) is 0 Å². The summed E-state index contributed by atoms with van der Waals surface area (Å²) in [5.74, 6) is -5.06. The topological polar surface area (TPSA) is 1030 Å². The third-order valence-electron chi connectivity index (χ3n) is 27.1. The van der Waals surface area contributed by atoms with Crippen molar-refractivity contribution in [2.75, 3.05) is 79.3 Å². The van der Waals surface area contributed by atoms with E-state index in [1.165, 1.54) is 0 Å². The molecule has 1 unspecified atom stereocenters. The standard InChI is InChI=1S/C82H137N5O61/c1-18(98)83-35-46(109)62(27(10-92)128-71(35)125)145-80-61(124)68(146-82-70(148-75-39(87-22(5)102)50(113)66(31(14-96)136-75)144-79-59(122)54(117)43(106)26(9-91)132-79)60(123)67(32(15-97)137-82)140-73-37(85-20(3)100)48(111)64(29(12-94)134-73)142-77-57(120)52(115)41(104)24(7-89)130-77)45(108)34(138-80)17-127-81-69(147-74-38(86-21(4)101)49(112)65(30(13-95)135-74)143-78-58(121)53(116)42(105)25(8-90)131-78)55(118)44(107)33(139-81)16-126-72-36(84-19(2)99)47(110)63(28(11-93)133-72)141-76-56(119)51(114)40(103)23(6-88)129-76/h23-82,88-97,103-125H,6-17H2,1-5H3,(H,83,98)(H,84,99)(H,85,100)(H,86,101)(H,87,102)/t23-,24-,25-,26-,27-,28-,29-,30-,31-,32-,33-,34-,35-,36-,37-,38-,39-,40-,41+,42+,43+,44-,45-,46-,47+,48-,49-,50-,51+,52+,53+,54+,55+,56-,57-,58-,59-,60+,61+,62-,63-,64-,65-,66-,67-,68+,69+,70+,71?,72-,73+,74+,75+,76+,77+,78+,79+,80+,81+,82-/m1/s1. The van der Waals surface area contributed by atoms with Crippen molar-refractivity contribution in [1.82, 2.24) is 26.6 Å². The molecule has 856 valence electrons. The van der Waals surface area contributed by atoms with E-state index in [9.17, 15) is 192 Å². The van der Waals surface area contributed by atoms with Gasteiger partial charge in [0.1, 0.15) is 293 Å². The Bertz CT molecular complexity index is 4130. The van der Waals surface area contributed by atoms with Gasteiger partial charge in [0.25, 0.3) is 0 Å². The number of rotatable bonds is 39. The van der Waals surface area contributed by atoms with Gasteiger partial charge < -0.3 is 304 Å². The number of aliphatic hydroxyl groups is 33. The summed E-state index contributed by atoms with van der Waals surface area (Å²) < 4.78 is 138. The highest BCUT2D eigenvalue weighted by atomic mass is 16.8. The van der Waals surface area contributed by atoms with Gasteiger partial charge in [-0.2, -0.15) is 0 Å². The molecule has 12 rings (SSSR count). The molecule has 0 aliphatic carbocycles. The maximum absolute atomic E-state index is 13.5. The minimum Gasteiger partial charge on any atom is -0.394 e. The van der Waals surface area contributed by atoms with Crippen molar-refractivity contribution in [1.29, 1.82) is 0 Å². The minimum absolute atomic E-state index is 0.855. The van der Waals surface area contributed by atoms with E-state index >= 15 is 0 Å². The van der Waals surface area contributed by atoms with Crippen LogP contribution in [0.4, 0.5) is 0 Å². The number of amides is 5. The lowest BCUT2D eigenvalue weighted by atomic mass is 9.93. The third-order valence-corrected chi connectivity index (χ3v) is 27.1. The molecular formula is C82H137N5O61. The molecule has 0 spiro atoms. The molecule has 12 saturated heterocycles. The molecule has 38 N–H and O–H groups in total. The summed E-state index contributed by atoms with van der Waals surface area (Å²) in [6.07, 6.45) is -121. The molecule has 0 aromatic heterocycles. The van der Waals surface area contributed by atoms with Crippen LogP contribution in [0, 0.1) is 0 Å². The van der Waals surface area contributed by atoms with Crippen LogP contribution >= 0.6 is 0 Å². The van der Waals surface area contributed by atoms with Crippen molar-refractivity contribution < 1.29 is 301 Å². The Kier molecular flexibility index (Phi) is 43.9. The Labute approximate surface area is 837 Å². The minimum atomic E-state index is -2.76. The van der Waals surface area contributed by atoms with E-state index < -0.39 is 477 Å². The molecule has 12 heterocycles. The average Bonchev–Trinajstić information content (AvgIpc) is 0.745. The molecule has 0 radical (unpaired) electrons. The van der Waals surface area contributed by atoms with E-state index in [4.69, 9.17) is 109 Å². The first kappa shape index (κ1) is 122. The predicted octanol–water partition coefficient (Wildman–Crippen LogP) is -26.4. The van der Waals surface area contributed by atoms with Crippen LogP contribution in [0.25, 0.3) is 0 Å². The predicted molar refractivity (Wildman–Crippen MR) is 453 cm³/mol. The average molecular weight is 2170 g/mol. The van der Waals surface area contributed by atoms with Crippen molar-refractivity contribution in [3.63, 3.8) is 0 Å². The fourth-order valence-corrected chi connectivity index (χ4v) is 19.2. The Morgan fingerprint density at radius 2 is 0.378 bits per heavy atom. The second-order valence-corrected chi connectivity index (χ2v) is 37.4. The van der Waals surface area contributed by atoms with Gasteiger partial charge in [-0.25, -0.2) is 0 Å². The third kappa shape index (κ3) is 26.9. The molecule has 0 aromatic rings. The van der Waals surface area contributed by atoms with Crippen molar-refractivity contribution in [2.45, 2.75) is 403 Å². The SMILES string of the molecule is CC(=O)N[C@H]1[C@H](O[C@@H]2[C@@H](O[C@@H]3[C@H](O)[C@H](O[C@H]4[C@H](O)[C@@H](NC(C)=O)C(O)O[C@@H]4CO)O[C@H](CO[C@H]4O[C@H](CO[C@@H]5O[C@H](CO)[C@@H](O[C@@H]6O[C@H](CO)[C@@H](O)[C@H](O)[C@H]6O)[C@@H](O)[C@H]5NC(C)=O)[C@@H](O)[C@H](O)[C@@H]4O[C@@H]4O[C@H](CO)[C@@H](O[C@@H]5O[C@H](CO)[C@H](O)[C@H](O)[C@H]5O)[C@H](O)[C@H]4NC(C)=O)[C@H]3O)O[C@H](CO)[C@@H](O[C@@H]3O[C@H](CO)[C@@H](O[C@@H]4O[C@H](CO)[C@H](O)[C@H](O)[C@H]4O)[C@H](O)[C@H]3NC(C)=O)[C@@H]2O)O[C@H](CO)[C@@H](O[C@@H]2O[C@H](CO)[C@H](O)[C@H](O)[C@H]2O)[C@@H]1O. The number of aliphatic hydroxyl groups excluding tert-OH is 33. The number of carbonyl (C=O) groups excluding carboxylic acids is 5. The molecule has 60 atom stereocenters. The van der Waals surface area contributed by atoms with Gasteiger partial charge in [0.15, 0.2) is 75.5 Å². The van der Waals surface area contributed by atoms with Crippen LogP contribution in [-0.4, -0.2) is 645 Å². The van der Waals surface area contributed by atoms with Gasteiger partial charge in [-0.05, 0) is 0 Å². The molecule has 0 aromatic carbocycles. The van der Waals surface area contributed by atoms with E-state index in [1.807, 2.05) is 0 Å². The monoisotopic (exact) mass is 2170 g/mol. The van der Waals surface area contributed by atoms with Crippen LogP contribution in [0.3, 0.4) is 0 Å². The number of ether oxygens (including phenoxy) is 23. The molecule has 12 aliphatic rings. The maximum Gasteiger partial charge on any atom is 0.217 e. The summed E-state index contributed by atoms with van der Waals surface area (Å²) in [4.78, 5) is 65.7. The van der Waals surface area contributed by atoms with Gasteiger partial charge in [0, 0.05) is 34.6 Å². The zero-order valence-corrected chi connectivity index (χ0v) is 79.3. The highest BCUT2D eigenvalue weighted by Crippen LogP contribution is 2.43. The molecule has 5 amide bonds. The van der Waals surface area contributed by atoms with Crippen molar-refractivity contribution in [3.8, 4) is 0 Å². The lowest BCUT2D eigenvalue weighted by Gasteiger charge is -2.52. The molecule has 12 aliphatic heterocycles. The van der Waals surface area contributed by atoms with Crippen LogP contribution in [-0.2, 0) is 133 Å². The summed E-state index contributed by atoms with van der Waals surface area (Å²) in [5.41, 5.74) is 0. The quantitative estimate of drug-likeness (QED) is 0.0272. The fraction of sp³-hybridized carbons (Fsp3) is 0.939. The van der Waals surface area contributed by atoms with Crippen molar-refractivity contribution in [3.05, 3.63) is 0 Å². The van der Waals surface area contributed by atoms with E-state index in [0.717, 1.165) is 34.6 Å². The highest BCUT2D eigenvalue weighted by molar-refractivity contribution is 5.75. The Morgan fingerprint density at radius 1 is 0.176 bits per heavy atom. The second kappa shape index (κ2) is 53.4. The molecule has 66 nitrogen and oxygen atoms in total. The van der Waals surface area contributed by atoms with Crippen molar-refractivity contribution in [2.24, 2.45) is 0 Å². The van der Waals surface area contributed by atoms with Gasteiger partial charge in [-0.15, -0.1) is 0 Å². The molecule has 12 fully saturated rings. The molecule has 0 saturated carbocycles. The van der Waals surface area contributed by atoms with Crippen LogP contribution < -0.4 is 26.6 Å². The Balaban J connectivity index is 0.931. The zero-order chi connectivity index (χ0) is 109. The van der Waals surface area contributed by atoms with Gasteiger partial charge in [0.05, 0.1) is 79.3 Å². The summed E-state index contributed by atoms with van der Waals surface area (Å²) >= 11 is 0. The van der Waals surface area contributed by atoms with Gasteiger partial charge >= 0.3 is 0 Å². The molecule has 148 heavy (non-hydrogen) atoms. The van der Waals surface area contributed by atoms with E-state index in [1.54, 1.807) is 0 Å². The van der Waals surface area contributed by atoms with Crippen molar-refractivity contribution >= 4 is 29.5 Å². The zero-order valence-electron chi connectivity index (χ0n) is 79.3. The highest BCUT2D eigenvalue weighted by Gasteiger charge is 2.64. The second-order valence-electron chi connectivity index (χ2n) is 37.4. The first-order valence-corrected chi connectivity index (χ1v) is 47.2. The number of hydrogen-bond acceptors (Lipinski definition) is 61. The lowest BCUT2D eigenvalue weighted by Crippen LogP contribution is -2.71. The van der Waals surface area contributed by atoms with Crippen LogP contribution in [0.1, 0.15) is 34.6 Å². The summed E-state index contributed by atoms with van der Waals surface area (Å²) in [5, 5.41) is 384. The van der Waals surface area contributed by atoms with Crippen LogP contribution in [0.2, 0.25) is 0 Å². The number of nitrogens with one attached hydrogen (secondary N) is 5. The molecular weight excluding hydrogens is 2030 g/mol. The summed E-state index contributed by atoms with van der Waals surface area (Å²) in [7, 11) is 0. The van der Waals surface area contributed by atoms with Crippen LogP contribution in [0.15, 0.2) is 0 Å². The van der Waals surface area contributed by atoms with Gasteiger partial charge in [-0.3, -0.25) is 24.0 Å². The van der Waals surface area contributed by atoms with E-state index in [-0.39, 0.29) is 0 Å². The van der Waals surface area contributed by atoms with E-state index in [0.29, 0.717) is 0 Å². The fourth-order valence-electron chi connectivity index (χ4n) is 19.2. The molecule has 0 bridgehead atoms. The van der Waals surface area contributed by atoms with Gasteiger partial charge in [-0.1, -0.05) is 0 Å². The summed E-state index contributed by atoms with van der Waals surface area (Å²) in [6.45, 7) is -9.77. The largest absolute Gasteiger partial charge is 0.394 e. The lowest BCUT2D eigenvalue weighted by molar-refractivity contribution is -0.406. The smallest absolute Gasteiger partial charge is 0.217 e. The first-order valence-electron chi connectivity index (χ1n) is 47.2. The Hall–Kier alpha value is -4.89. The Morgan fingerprint density at radius 3 is 0.689 bits per heavy atom. The first-order chi connectivity index (χ1) is 70.1. The van der Waals surface area contributed by atoms with E-state index in [2.05, 4.69) is 26.6 Å². The molecule has 66 heteroatoms.